The van der Waals surface area contributed by atoms with Crippen molar-refractivity contribution in [2.24, 2.45) is 7.05 Å². The van der Waals surface area contributed by atoms with Gasteiger partial charge in [-0.25, -0.2) is 0 Å². The van der Waals surface area contributed by atoms with E-state index >= 15 is 0 Å². The molecule has 0 fully saturated rings. The molecule has 0 atom stereocenters. The molecular weight excluding hydrogens is 240 g/mol. The average molecular weight is 260 g/mol. The van der Waals surface area contributed by atoms with Crippen molar-refractivity contribution < 1.29 is 4.74 Å². The molecule has 1 N–H and O–H groups in total. The number of rotatable bonds is 5. The summed E-state index contributed by atoms with van der Waals surface area (Å²) in [7, 11) is 3.79. The van der Waals surface area contributed by atoms with Gasteiger partial charge in [-0.1, -0.05) is 17.3 Å². The van der Waals surface area contributed by atoms with E-state index in [9.17, 15) is 0 Å². The maximum absolute atomic E-state index is 5.86. The maximum Gasteiger partial charge on any atom is 0.134 e. The Bertz CT molecular complexity index is 539. The molecule has 0 radical (unpaired) electrons. The molecule has 0 aliphatic rings. The van der Waals surface area contributed by atoms with E-state index in [0.717, 1.165) is 29.1 Å². The highest BCUT2D eigenvalue weighted by atomic mass is 16.5. The minimum atomic E-state index is 0.445. The summed E-state index contributed by atoms with van der Waals surface area (Å²) in [6, 6.07) is 4.30. The fourth-order valence-electron chi connectivity index (χ4n) is 2.18. The van der Waals surface area contributed by atoms with E-state index in [2.05, 4.69) is 41.6 Å². The highest BCUT2D eigenvalue weighted by Gasteiger charge is 2.08. The lowest BCUT2D eigenvalue weighted by Gasteiger charge is -2.13. The highest BCUT2D eigenvalue weighted by molar-refractivity contribution is 5.43. The van der Waals surface area contributed by atoms with Gasteiger partial charge >= 0.3 is 0 Å². The van der Waals surface area contributed by atoms with Gasteiger partial charge in [-0.05, 0) is 37.6 Å². The zero-order chi connectivity index (χ0) is 13.8. The van der Waals surface area contributed by atoms with E-state index in [1.807, 2.05) is 20.3 Å². The van der Waals surface area contributed by atoms with Crippen LogP contribution < -0.4 is 10.1 Å². The Morgan fingerprint density at radius 1 is 1.26 bits per heavy atom. The van der Waals surface area contributed by atoms with Gasteiger partial charge in [-0.2, -0.15) is 0 Å². The summed E-state index contributed by atoms with van der Waals surface area (Å²) in [6.07, 6.45) is 1.86. The van der Waals surface area contributed by atoms with Crippen molar-refractivity contribution in [2.45, 2.75) is 27.0 Å². The monoisotopic (exact) mass is 260 g/mol. The zero-order valence-corrected chi connectivity index (χ0v) is 11.9. The molecular formula is C14H20N4O. The number of hydrogen-bond acceptors (Lipinski definition) is 4. The van der Waals surface area contributed by atoms with E-state index in [-0.39, 0.29) is 0 Å². The van der Waals surface area contributed by atoms with Gasteiger partial charge in [-0.15, -0.1) is 5.10 Å². The summed E-state index contributed by atoms with van der Waals surface area (Å²) in [5.41, 5.74) is 4.40. The molecule has 0 saturated heterocycles. The van der Waals surface area contributed by atoms with Crippen molar-refractivity contribution in [3.8, 4) is 5.75 Å². The molecule has 0 saturated carbocycles. The van der Waals surface area contributed by atoms with Crippen molar-refractivity contribution in [2.75, 3.05) is 7.05 Å². The molecule has 1 aromatic heterocycles. The van der Waals surface area contributed by atoms with Crippen molar-refractivity contribution in [1.29, 1.82) is 0 Å². The van der Waals surface area contributed by atoms with Crippen LogP contribution in [0.5, 0.6) is 5.75 Å². The summed E-state index contributed by atoms with van der Waals surface area (Å²) < 4.78 is 7.54. The van der Waals surface area contributed by atoms with Crippen LogP contribution in [-0.4, -0.2) is 22.0 Å². The molecule has 0 spiro atoms. The van der Waals surface area contributed by atoms with Crippen LogP contribution in [0.1, 0.15) is 22.4 Å². The first-order valence-corrected chi connectivity index (χ1v) is 6.33. The molecule has 5 nitrogen and oxygen atoms in total. The number of aromatic nitrogens is 3. The molecule has 0 bridgehead atoms. The lowest BCUT2D eigenvalue weighted by molar-refractivity contribution is 0.297. The number of hydrogen-bond donors (Lipinski definition) is 1. The maximum atomic E-state index is 5.86. The lowest BCUT2D eigenvalue weighted by atomic mass is 10.1. The summed E-state index contributed by atoms with van der Waals surface area (Å²) in [5.74, 6) is 0.936. The van der Waals surface area contributed by atoms with Crippen LogP contribution >= 0.6 is 0 Å². The van der Waals surface area contributed by atoms with Crippen LogP contribution in [0.15, 0.2) is 18.3 Å². The van der Waals surface area contributed by atoms with Crippen LogP contribution in [0, 0.1) is 13.8 Å². The number of ether oxygens (including phenoxy) is 1. The van der Waals surface area contributed by atoms with Crippen molar-refractivity contribution in [3.63, 3.8) is 0 Å². The largest absolute Gasteiger partial charge is 0.487 e. The van der Waals surface area contributed by atoms with Gasteiger partial charge in [-0.3, -0.25) is 4.68 Å². The predicted octanol–water partition coefficient (Wildman–Crippen LogP) is 1.73. The summed E-state index contributed by atoms with van der Waals surface area (Å²) >= 11 is 0. The minimum Gasteiger partial charge on any atom is -0.487 e. The molecule has 2 rings (SSSR count). The third-order valence-electron chi connectivity index (χ3n) is 2.92. The van der Waals surface area contributed by atoms with Gasteiger partial charge in [0, 0.05) is 13.6 Å². The second kappa shape index (κ2) is 5.84. The van der Waals surface area contributed by atoms with E-state index in [1.54, 1.807) is 4.68 Å². The fourth-order valence-corrected chi connectivity index (χ4v) is 2.18. The molecule has 0 unspecified atom stereocenters. The molecule has 5 heteroatoms. The number of aryl methyl sites for hydroxylation is 3. The first-order valence-electron chi connectivity index (χ1n) is 6.33. The topological polar surface area (TPSA) is 52.0 Å². The van der Waals surface area contributed by atoms with E-state index in [4.69, 9.17) is 4.74 Å². The standard InChI is InChI=1S/C14H20N4O/c1-10-5-12(7-15-3)6-11(2)14(10)19-9-13-8-18(4)17-16-13/h5-6,8,15H,7,9H2,1-4H3. The lowest BCUT2D eigenvalue weighted by Crippen LogP contribution is -2.06. The number of benzene rings is 1. The van der Waals surface area contributed by atoms with Gasteiger partial charge in [0.05, 0.1) is 6.20 Å². The fraction of sp³-hybridized carbons (Fsp3) is 0.429. The number of nitrogens with one attached hydrogen (secondary N) is 1. The second-order valence-electron chi connectivity index (χ2n) is 4.76. The molecule has 102 valence electrons. The number of nitrogens with zero attached hydrogens (tertiary/aromatic N) is 3. The van der Waals surface area contributed by atoms with Gasteiger partial charge in [0.2, 0.25) is 0 Å². The van der Waals surface area contributed by atoms with E-state index < -0.39 is 0 Å². The van der Waals surface area contributed by atoms with Crippen LogP contribution in [0.2, 0.25) is 0 Å². The summed E-state index contributed by atoms with van der Waals surface area (Å²) in [4.78, 5) is 0. The third kappa shape index (κ3) is 3.32. The second-order valence-corrected chi connectivity index (χ2v) is 4.76. The molecule has 0 aliphatic heterocycles. The molecule has 1 aromatic carbocycles. The molecule has 0 aliphatic carbocycles. The van der Waals surface area contributed by atoms with Gasteiger partial charge in [0.15, 0.2) is 0 Å². The van der Waals surface area contributed by atoms with E-state index in [1.165, 1.54) is 5.56 Å². The van der Waals surface area contributed by atoms with Crippen molar-refractivity contribution >= 4 is 0 Å². The van der Waals surface area contributed by atoms with Crippen LogP contribution in [0.4, 0.5) is 0 Å². The Morgan fingerprint density at radius 3 is 2.47 bits per heavy atom. The summed E-state index contributed by atoms with van der Waals surface area (Å²) in [5, 5.41) is 11.1. The minimum absolute atomic E-state index is 0.445. The third-order valence-corrected chi connectivity index (χ3v) is 2.92. The smallest absolute Gasteiger partial charge is 0.134 e. The Kier molecular flexibility index (Phi) is 4.16. The normalized spacial score (nSPS) is 10.7. The molecule has 2 aromatic rings. The Balaban J connectivity index is 2.11. The Morgan fingerprint density at radius 2 is 1.95 bits per heavy atom. The quantitative estimate of drug-likeness (QED) is 0.889. The summed E-state index contributed by atoms with van der Waals surface area (Å²) in [6.45, 7) is 5.45. The van der Waals surface area contributed by atoms with Gasteiger partial charge in [0.1, 0.15) is 18.1 Å². The molecule has 0 amide bonds. The van der Waals surface area contributed by atoms with Crippen molar-refractivity contribution in [3.05, 3.63) is 40.7 Å². The first-order chi connectivity index (χ1) is 9.10. The first kappa shape index (κ1) is 13.5. The Hall–Kier alpha value is -1.88. The highest BCUT2D eigenvalue weighted by Crippen LogP contribution is 2.25. The van der Waals surface area contributed by atoms with Gasteiger partial charge in [0.25, 0.3) is 0 Å². The van der Waals surface area contributed by atoms with Crippen LogP contribution in [0.25, 0.3) is 0 Å². The van der Waals surface area contributed by atoms with Crippen molar-refractivity contribution in [1.82, 2.24) is 20.3 Å². The SMILES string of the molecule is CNCc1cc(C)c(OCc2cn(C)nn2)c(C)c1. The zero-order valence-electron chi connectivity index (χ0n) is 11.9. The average Bonchev–Trinajstić information content (AvgIpc) is 2.74. The van der Waals surface area contributed by atoms with E-state index in [0.29, 0.717) is 6.61 Å². The molecule has 19 heavy (non-hydrogen) atoms. The Labute approximate surface area is 113 Å². The van der Waals surface area contributed by atoms with Gasteiger partial charge < -0.3 is 10.1 Å². The predicted molar refractivity (Wildman–Crippen MR) is 74.0 cm³/mol. The van der Waals surface area contributed by atoms with Crippen LogP contribution in [-0.2, 0) is 20.2 Å². The molecule has 1 heterocycles. The van der Waals surface area contributed by atoms with Crippen LogP contribution in [0.3, 0.4) is 0 Å².